The number of carboxylic acids is 1. The van der Waals surface area contributed by atoms with Gasteiger partial charge in [0.1, 0.15) is 0 Å². The number of aliphatic carboxylic acids is 1. The maximum Gasteiger partial charge on any atom is 0.307 e. The van der Waals surface area contributed by atoms with Gasteiger partial charge in [-0.25, -0.2) is 0 Å². The minimum atomic E-state index is -0.919. The zero-order chi connectivity index (χ0) is 15.9. The standard InChI is InChI=1S/C17H14ClNO3/c1-19-9-11-3-4-12(18)8-13(11)17(22)14-6-10(7-16(20)21)2-5-15(14)19/h2-6,8H,7,9H2,1H3,(H,20,21). The maximum absolute atomic E-state index is 12.8. The molecule has 0 fully saturated rings. The first-order valence-corrected chi connectivity index (χ1v) is 7.22. The number of ketones is 1. The third-order valence-corrected chi connectivity index (χ3v) is 4.03. The van der Waals surface area contributed by atoms with Crippen molar-refractivity contribution in [2.45, 2.75) is 13.0 Å². The van der Waals surface area contributed by atoms with Crippen molar-refractivity contribution in [3.63, 3.8) is 0 Å². The van der Waals surface area contributed by atoms with Crippen LogP contribution in [0.4, 0.5) is 5.69 Å². The van der Waals surface area contributed by atoms with Gasteiger partial charge in [-0.15, -0.1) is 0 Å². The molecule has 4 nitrogen and oxygen atoms in total. The van der Waals surface area contributed by atoms with Gasteiger partial charge >= 0.3 is 5.97 Å². The average Bonchev–Trinajstić information content (AvgIpc) is 2.56. The number of fused-ring (bicyclic) bond motifs is 2. The lowest BCUT2D eigenvalue weighted by Gasteiger charge is -2.19. The smallest absolute Gasteiger partial charge is 0.307 e. The van der Waals surface area contributed by atoms with Gasteiger partial charge in [0.25, 0.3) is 0 Å². The number of hydrogen-bond donors (Lipinski definition) is 1. The van der Waals surface area contributed by atoms with Crippen molar-refractivity contribution < 1.29 is 14.7 Å². The number of carboxylic acid groups (broad SMARTS) is 1. The summed E-state index contributed by atoms with van der Waals surface area (Å²) in [5.41, 5.74) is 3.41. The second-order valence-corrected chi connectivity index (χ2v) is 5.85. The maximum atomic E-state index is 12.8. The van der Waals surface area contributed by atoms with Crippen LogP contribution < -0.4 is 4.90 Å². The predicted octanol–water partition coefficient (Wildman–Crippen LogP) is 3.15. The van der Waals surface area contributed by atoms with Crippen molar-refractivity contribution >= 4 is 29.0 Å². The summed E-state index contributed by atoms with van der Waals surface area (Å²) in [6, 6.07) is 10.5. The van der Waals surface area contributed by atoms with Crippen LogP contribution in [0.2, 0.25) is 5.02 Å². The summed E-state index contributed by atoms with van der Waals surface area (Å²) in [6.45, 7) is 0.601. The van der Waals surface area contributed by atoms with E-state index in [1.807, 2.05) is 18.0 Å². The Labute approximate surface area is 132 Å². The van der Waals surface area contributed by atoms with Gasteiger partial charge in [-0.1, -0.05) is 23.7 Å². The minimum Gasteiger partial charge on any atom is -0.481 e. The van der Waals surface area contributed by atoms with Crippen LogP contribution in [-0.2, 0) is 17.8 Å². The Hall–Kier alpha value is -2.33. The number of rotatable bonds is 2. The summed E-state index contributed by atoms with van der Waals surface area (Å²) in [6.07, 6.45) is -0.104. The fraction of sp³-hybridized carbons (Fsp3) is 0.176. The Morgan fingerprint density at radius 3 is 2.73 bits per heavy atom. The van der Waals surface area contributed by atoms with Gasteiger partial charge in [-0.3, -0.25) is 9.59 Å². The van der Waals surface area contributed by atoms with Crippen LogP contribution >= 0.6 is 11.6 Å². The number of hydrogen-bond acceptors (Lipinski definition) is 3. The molecule has 2 aromatic rings. The van der Waals surface area contributed by atoms with E-state index in [9.17, 15) is 9.59 Å². The van der Waals surface area contributed by atoms with Crippen LogP contribution in [0, 0.1) is 0 Å². The number of anilines is 1. The van der Waals surface area contributed by atoms with Crippen molar-refractivity contribution in [1.29, 1.82) is 0 Å². The highest BCUT2D eigenvalue weighted by Gasteiger charge is 2.24. The Balaban J connectivity index is 2.15. The third kappa shape index (κ3) is 2.57. The van der Waals surface area contributed by atoms with E-state index in [2.05, 4.69) is 0 Å². The molecule has 22 heavy (non-hydrogen) atoms. The second-order valence-electron chi connectivity index (χ2n) is 5.41. The van der Waals surface area contributed by atoms with Gasteiger partial charge in [0.05, 0.1) is 6.42 Å². The van der Waals surface area contributed by atoms with E-state index >= 15 is 0 Å². The minimum absolute atomic E-state index is 0.104. The molecule has 2 aromatic carbocycles. The topological polar surface area (TPSA) is 57.6 Å². The molecule has 1 heterocycles. The summed E-state index contributed by atoms with van der Waals surface area (Å²) in [5, 5.41) is 9.44. The molecule has 0 atom stereocenters. The molecule has 1 N–H and O–H groups in total. The lowest BCUT2D eigenvalue weighted by Crippen LogP contribution is -2.16. The zero-order valence-corrected chi connectivity index (χ0v) is 12.7. The Morgan fingerprint density at radius 2 is 2.00 bits per heavy atom. The number of halogens is 1. The van der Waals surface area contributed by atoms with Crippen LogP contribution in [-0.4, -0.2) is 23.9 Å². The lowest BCUT2D eigenvalue weighted by molar-refractivity contribution is -0.136. The molecule has 0 spiro atoms. The molecule has 0 aliphatic carbocycles. The number of carbonyl (C=O) groups is 2. The summed E-state index contributed by atoms with van der Waals surface area (Å²) >= 11 is 6.02. The van der Waals surface area contributed by atoms with Gasteiger partial charge in [0.15, 0.2) is 5.78 Å². The average molecular weight is 316 g/mol. The SMILES string of the molecule is CN1Cc2ccc(Cl)cc2C(=O)c2cc(CC(=O)O)ccc21. The Bertz CT molecular complexity index is 785. The summed E-state index contributed by atoms with van der Waals surface area (Å²) in [7, 11) is 1.91. The van der Waals surface area contributed by atoms with E-state index in [1.54, 1.807) is 30.3 Å². The van der Waals surface area contributed by atoms with E-state index in [0.29, 0.717) is 28.3 Å². The molecule has 3 rings (SSSR count). The highest BCUT2D eigenvalue weighted by Crippen LogP contribution is 2.31. The van der Waals surface area contributed by atoms with Crippen LogP contribution in [0.15, 0.2) is 36.4 Å². The van der Waals surface area contributed by atoms with Gasteiger partial charge in [-0.05, 0) is 35.4 Å². The van der Waals surface area contributed by atoms with Crippen molar-refractivity contribution in [2.24, 2.45) is 0 Å². The van der Waals surface area contributed by atoms with Crippen LogP contribution in [0.25, 0.3) is 0 Å². The summed E-state index contributed by atoms with van der Waals surface area (Å²) in [4.78, 5) is 25.7. The second kappa shape index (κ2) is 5.46. The van der Waals surface area contributed by atoms with Crippen molar-refractivity contribution in [1.82, 2.24) is 0 Å². The first-order chi connectivity index (χ1) is 10.5. The Kier molecular flexibility index (Phi) is 3.62. The van der Waals surface area contributed by atoms with E-state index in [-0.39, 0.29) is 12.2 Å². The summed E-state index contributed by atoms with van der Waals surface area (Å²) < 4.78 is 0. The van der Waals surface area contributed by atoms with Crippen molar-refractivity contribution in [2.75, 3.05) is 11.9 Å². The molecule has 0 saturated heterocycles. The Morgan fingerprint density at radius 1 is 1.23 bits per heavy atom. The number of nitrogens with zero attached hydrogens (tertiary/aromatic N) is 1. The molecule has 0 unspecified atom stereocenters. The molecule has 1 aliphatic heterocycles. The molecule has 0 bridgehead atoms. The van der Waals surface area contributed by atoms with Gasteiger partial charge in [0, 0.05) is 35.4 Å². The largest absolute Gasteiger partial charge is 0.481 e. The fourth-order valence-corrected chi connectivity index (χ4v) is 2.94. The first kappa shape index (κ1) is 14.6. The normalized spacial score (nSPS) is 13.4. The highest BCUT2D eigenvalue weighted by molar-refractivity contribution is 6.31. The molecule has 0 aromatic heterocycles. The molecule has 0 radical (unpaired) electrons. The lowest BCUT2D eigenvalue weighted by atomic mass is 9.97. The van der Waals surface area contributed by atoms with Crippen molar-refractivity contribution in [3.05, 3.63) is 63.7 Å². The zero-order valence-electron chi connectivity index (χ0n) is 12.0. The molecule has 5 heteroatoms. The molecule has 112 valence electrons. The molecular formula is C17H14ClNO3. The van der Waals surface area contributed by atoms with Crippen LogP contribution in [0.5, 0.6) is 0 Å². The van der Waals surface area contributed by atoms with E-state index in [1.165, 1.54) is 0 Å². The highest BCUT2D eigenvalue weighted by atomic mass is 35.5. The molecule has 1 aliphatic rings. The van der Waals surface area contributed by atoms with Gasteiger partial charge < -0.3 is 10.0 Å². The quantitative estimate of drug-likeness (QED) is 0.925. The molecule has 0 saturated carbocycles. The third-order valence-electron chi connectivity index (χ3n) is 3.80. The molecule has 0 amide bonds. The van der Waals surface area contributed by atoms with Gasteiger partial charge in [-0.2, -0.15) is 0 Å². The predicted molar refractivity (Wildman–Crippen MR) is 84.8 cm³/mol. The summed E-state index contributed by atoms with van der Waals surface area (Å²) in [5.74, 6) is -1.04. The van der Waals surface area contributed by atoms with Crippen molar-refractivity contribution in [3.8, 4) is 0 Å². The van der Waals surface area contributed by atoms with Gasteiger partial charge in [0.2, 0.25) is 0 Å². The molecular weight excluding hydrogens is 302 g/mol. The van der Waals surface area contributed by atoms with E-state index < -0.39 is 5.97 Å². The van der Waals surface area contributed by atoms with Crippen LogP contribution in [0.1, 0.15) is 27.0 Å². The monoisotopic (exact) mass is 315 g/mol. The van der Waals surface area contributed by atoms with Crippen LogP contribution in [0.3, 0.4) is 0 Å². The first-order valence-electron chi connectivity index (χ1n) is 6.84. The number of benzene rings is 2. The van der Waals surface area contributed by atoms with E-state index in [0.717, 1.165) is 11.3 Å². The number of carbonyl (C=O) groups excluding carboxylic acids is 1. The van der Waals surface area contributed by atoms with E-state index in [4.69, 9.17) is 16.7 Å². The fourth-order valence-electron chi connectivity index (χ4n) is 2.77.